The predicted octanol–water partition coefficient (Wildman–Crippen LogP) is 3.71. The van der Waals surface area contributed by atoms with Crippen LogP contribution in [0.2, 0.25) is 0 Å². The molecule has 0 radical (unpaired) electrons. The highest BCUT2D eigenvalue weighted by atomic mass is 16.2. The van der Waals surface area contributed by atoms with Gasteiger partial charge in [-0.1, -0.05) is 42.5 Å². The van der Waals surface area contributed by atoms with Crippen LogP contribution in [0.5, 0.6) is 0 Å². The Labute approximate surface area is 127 Å². The number of rotatable bonds is 1. The molecule has 0 aliphatic heterocycles. The summed E-state index contributed by atoms with van der Waals surface area (Å²) in [5, 5.41) is 1.04. The highest BCUT2D eigenvalue weighted by Crippen LogP contribution is 2.33. The number of benzene rings is 2. The molecule has 0 saturated heterocycles. The molecule has 0 spiro atoms. The van der Waals surface area contributed by atoms with Crippen molar-refractivity contribution in [2.24, 2.45) is 0 Å². The molecule has 0 saturated carbocycles. The third-order valence-corrected chi connectivity index (χ3v) is 4.25. The zero-order valence-corrected chi connectivity index (χ0v) is 12.0. The van der Waals surface area contributed by atoms with Crippen molar-refractivity contribution in [3.8, 4) is 0 Å². The number of pyridine rings is 1. The van der Waals surface area contributed by atoms with Gasteiger partial charge in [-0.2, -0.15) is 0 Å². The lowest BCUT2D eigenvalue weighted by molar-refractivity contribution is 0.0888. The van der Waals surface area contributed by atoms with Gasteiger partial charge in [0.2, 0.25) is 0 Å². The maximum Gasteiger partial charge on any atom is 0.180 e. The summed E-state index contributed by atoms with van der Waals surface area (Å²) in [6, 6.07) is 16.6. The largest absolute Gasteiger partial charge is 0.293 e. The number of hydrogen-bond donors (Lipinski definition) is 0. The molecule has 0 N–H and O–H groups in total. The molecular weight excluding hydrogens is 274 g/mol. The van der Waals surface area contributed by atoms with Gasteiger partial charge in [0, 0.05) is 16.5 Å². The average Bonchev–Trinajstić information content (AvgIpc) is 2.79. The number of fused-ring (bicyclic) bond motifs is 2. The number of carbonyl (C=O) groups is 2. The van der Waals surface area contributed by atoms with Gasteiger partial charge in [0.25, 0.3) is 0 Å². The van der Waals surface area contributed by atoms with Crippen molar-refractivity contribution < 1.29 is 9.59 Å². The Morgan fingerprint density at radius 2 is 1.50 bits per heavy atom. The Bertz CT molecular complexity index is 908. The first kappa shape index (κ1) is 12.9. The SMILES string of the molecule is Cc1cccc2nc(C3C(=O)c4ccccc4C3=O)ccc12. The van der Waals surface area contributed by atoms with Gasteiger partial charge in [-0.25, -0.2) is 0 Å². The minimum absolute atomic E-state index is 0.153. The van der Waals surface area contributed by atoms with Gasteiger partial charge in [0.05, 0.1) is 11.2 Å². The number of aromatic nitrogens is 1. The fourth-order valence-corrected chi connectivity index (χ4v) is 3.10. The number of nitrogens with zero attached hydrogens (tertiary/aromatic N) is 1. The molecule has 0 bridgehead atoms. The number of ketones is 2. The molecule has 3 nitrogen and oxygen atoms in total. The van der Waals surface area contributed by atoms with E-state index in [1.165, 1.54) is 0 Å². The lowest BCUT2D eigenvalue weighted by Crippen LogP contribution is -2.14. The van der Waals surface area contributed by atoms with E-state index in [1.807, 2.05) is 31.2 Å². The minimum atomic E-state index is -0.803. The van der Waals surface area contributed by atoms with Crippen molar-refractivity contribution in [2.45, 2.75) is 12.8 Å². The van der Waals surface area contributed by atoms with Gasteiger partial charge in [0.15, 0.2) is 11.6 Å². The lowest BCUT2D eigenvalue weighted by Gasteiger charge is -2.08. The van der Waals surface area contributed by atoms with Gasteiger partial charge < -0.3 is 0 Å². The first-order valence-corrected chi connectivity index (χ1v) is 7.20. The Balaban J connectivity index is 1.87. The van der Waals surface area contributed by atoms with Gasteiger partial charge in [-0.3, -0.25) is 14.6 Å². The summed E-state index contributed by atoms with van der Waals surface area (Å²) in [7, 11) is 0. The van der Waals surface area contributed by atoms with E-state index < -0.39 is 5.92 Å². The molecule has 0 amide bonds. The van der Waals surface area contributed by atoms with Crippen molar-refractivity contribution >= 4 is 22.5 Å². The van der Waals surface area contributed by atoms with Crippen LogP contribution in [0.15, 0.2) is 54.6 Å². The summed E-state index contributed by atoms with van der Waals surface area (Å²) in [6.45, 7) is 2.02. The van der Waals surface area contributed by atoms with Crippen molar-refractivity contribution in [2.75, 3.05) is 0 Å². The first-order valence-electron chi connectivity index (χ1n) is 7.20. The van der Waals surface area contributed by atoms with Gasteiger partial charge in [-0.15, -0.1) is 0 Å². The Morgan fingerprint density at radius 3 is 2.18 bits per heavy atom. The summed E-state index contributed by atoms with van der Waals surface area (Å²) in [6.07, 6.45) is 0. The van der Waals surface area contributed by atoms with Crippen LogP contribution in [0.4, 0.5) is 0 Å². The van der Waals surface area contributed by atoms with E-state index in [0.717, 1.165) is 16.5 Å². The van der Waals surface area contributed by atoms with Crippen LogP contribution in [0.1, 0.15) is 37.9 Å². The molecular formula is C19H13NO2. The van der Waals surface area contributed by atoms with Gasteiger partial charge in [-0.05, 0) is 24.6 Å². The van der Waals surface area contributed by atoms with Crippen LogP contribution >= 0.6 is 0 Å². The third-order valence-electron chi connectivity index (χ3n) is 4.25. The van der Waals surface area contributed by atoms with E-state index in [0.29, 0.717) is 16.8 Å². The Hall–Kier alpha value is -2.81. The lowest BCUT2D eigenvalue weighted by atomic mass is 9.98. The predicted molar refractivity (Wildman–Crippen MR) is 84.3 cm³/mol. The fourth-order valence-electron chi connectivity index (χ4n) is 3.10. The number of Topliss-reactive ketones (excluding diaryl/α,β-unsaturated/α-hetero) is 2. The van der Waals surface area contributed by atoms with Gasteiger partial charge in [0.1, 0.15) is 5.92 Å². The maximum atomic E-state index is 12.5. The molecule has 2 aromatic carbocycles. The zero-order chi connectivity index (χ0) is 15.3. The molecule has 3 aromatic rings. The van der Waals surface area contributed by atoms with Crippen molar-refractivity contribution in [1.29, 1.82) is 0 Å². The molecule has 0 unspecified atom stereocenters. The second-order valence-electron chi connectivity index (χ2n) is 5.58. The average molecular weight is 287 g/mol. The summed E-state index contributed by atoms with van der Waals surface area (Å²) < 4.78 is 0. The molecule has 22 heavy (non-hydrogen) atoms. The van der Waals surface area contributed by atoms with Crippen LogP contribution in [-0.4, -0.2) is 16.6 Å². The van der Waals surface area contributed by atoms with Crippen molar-refractivity contribution in [3.05, 3.63) is 77.0 Å². The van der Waals surface area contributed by atoms with Gasteiger partial charge >= 0.3 is 0 Å². The Kier molecular flexibility index (Phi) is 2.70. The van der Waals surface area contributed by atoms with E-state index in [1.54, 1.807) is 30.3 Å². The highest BCUT2D eigenvalue weighted by molar-refractivity contribution is 6.29. The quantitative estimate of drug-likeness (QED) is 0.641. The Morgan fingerprint density at radius 1 is 0.818 bits per heavy atom. The molecule has 0 atom stereocenters. The smallest absolute Gasteiger partial charge is 0.180 e. The number of carbonyl (C=O) groups excluding carboxylic acids is 2. The minimum Gasteiger partial charge on any atom is -0.293 e. The van der Waals surface area contributed by atoms with Crippen LogP contribution in [0.25, 0.3) is 10.9 Å². The van der Waals surface area contributed by atoms with E-state index in [9.17, 15) is 9.59 Å². The standard InChI is InChI=1S/C19H13NO2/c1-11-5-4-8-15-12(11)9-10-16(20-15)17-18(21)13-6-2-3-7-14(13)19(17)22/h2-10,17H,1H3. The topological polar surface area (TPSA) is 47.0 Å². The number of aryl methyl sites for hydroxylation is 1. The fraction of sp³-hybridized carbons (Fsp3) is 0.105. The molecule has 1 aliphatic rings. The molecule has 106 valence electrons. The van der Waals surface area contributed by atoms with E-state index in [4.69, 9.17) is 0 Å². The molecule has 3 heteroatoms. The van der Waals surface area contributed by atoms with Crippen LogP contribution in [-0.2, 0) is 0 Å². The highest BCUT2D eigenvalue weighted by Gasteiger charge is 2.40. The zero-order valence-electron chi connectivity index (χ0n) is 12.0. The van der Waals surface area contributed by atoms with E-state index >= 15 is 0 Å². The molecule has 1 heterocycles. The molecule has 0 fully saturated rings. The molecule has 4 rings (SSSR count). The monoisotopic (exact) mass is 287 g/mol. The van der Waals surface area contributed by atoms with E-state index in [-0.39, 0.29) is 11.6 Å². The van der Waals surface area contributed by atoms with E-state index in [2.05, 4.69) is 4.98 Å². The van der Waals surface area contributed by atoms with Crippen LogP contribution in [0.3, 0.4) is 0 Å². The summed E-state index contributed by atoms with van der Waals surface area (Å²) in [5.41, 5.74) is 3.48. The third kappa shape index (κ3) is 1.72. The van der Waals surface area contributed by atoms with Crippen molar-refractivity contribution in [1.82, 2.24) is 4.98 Å². The first-order chi connectivity index (χ1) is 10.7. The maximum absolute atomic E-state index is 12.5. The molecule has 1 aliphatic carbocycles. The second kappa shape index (κ2) is 4.60. The van der Waals surface area contributed by atoms with Crippen molar-refractivity contribution in [3.63, 3.8) is 0 Å². The van der Waals surface area contributed by atoms with Crippen LogP contribution in [0, 0.1) is 6.92 Å². The second-order valence-corrected chi connectivity index (χ2v) is 5.58. The summed E-state index contributed by atoms with van der Waals surface area (Å²) in [4.78, 5) is 29.7. The number of hydrogen-bond acceptors (Lipinski definition) is 3. The normalized spacial score (nSPS) is 14.6. The van der Waals surface area contributed by atoms with Crippen LogP contribution < -0.4 is 0 Å². The summed E-state index contributed by atoms with van der Waals surface area (Å²) in [5.74, 6) is -1.11. The summed E-state index contributed by atoms with van der Waals surface area (Å²) >= 11 is 0. The molecule has 1 aromatic heterocycles.